The molecular formula is C11H11ClN4O2. The van der Waals surface area contributed by atoms with E-state index in [0.717, 1.165) is 0 Å². The minimum atomic E-state index is -0.371. The molecule has 1 aliphatic heterocycles. The normalized spacial score (nSPS) is 23.4. The lowest BCUT2D eigenvalue weighted by molar-refractivity contribution is 0.191. The Hall–Kier alpha value is -1.50. The van der Waals surface area contributed by atoms with Crippen LogP contribution in [0.1, 0.15) is 18.4 Å². The van der Waals surface area contributed by atoms with Gasteiger partial charge >= 0.3 is 0 Å². The van der Waals surface area contributed by atoms with E-state index in [4.69, 9.17) is 16.1 Å². The molecule has 0 aliphatic carbocycles. The summed E-state index contributed by atoms with van der Waals surface area (Å²) in [5.41, 5.74) is 0.493. The monoisotopic (exact) mass is 266 g/mol. The number of hydrogen-bond donors (Lipinski definition) is 2. The summed E-state index contributed by atoms with van der Waals surface area (Å²) in [5.74, 6) is 0.807. The quantitative estimate of drug-likeness (QED) is 0.849. The molecule has 6 nitrogen and oxygen atoms in total. The molecule has 18 heavy (non-hydrogen) atoms. The van der Waals surface area contributed by atoms with Crippen LogP contribution >= 0.6 is 11.6 Å². The van der Waals surface area contributed by atoms with Crippen molar-refractivity contribution in [3.63, 3.8) is 0 Å². The lowest BCUT2D eigenvalue weighted by atomic mass is 10.2. The van der Waals surface area contributed by atoms with E-state index >= 15 is 0 Å². The van der Waals surface area contributed by atoms with Crippen LogP contribution in [0.5, 0.6) is 0 Å². The van der Waals surface area contributed by atoms with Crippen LogP contribution in [-0.4, -0.2) is 32.9 Å². The molecule has 2 aromatic rings. The highest BCUT2D eigenvalue weighted by molar-refractivity contribution is 6.32. The lowest BCUT2D eigenvalue weighted by Crippen LogP contribution is -2.15. The van der Waals surface area contributed by atoms with Crippen molar-refractivity contribution < 1.29 is 9.63 Å². The van der Waals surface area contributed by atoms with Gasteiger partial charge in [-0.25, -0.2) is 0 Å². The van der Waals surface area contributed by atoms with E-state index in [2.05, 4.69) is 20.4 Å². The third-order valence-corrected chi connectivity index (χ3v) is 3.12. The highest BCUT2D eigenvalue weighted by Crippen LogP contribution is 2.26. The second-order valence-corrected chi connectivity index (χ2v) is 4.55. The first-order valence-electron chi connectivity index (χ1n) is 5.60. The number of hydrogen-bond acceptors (Lipinski definition) is 6. The van der Waals surface area contributed by atoms with Gasteiger partial charge in [0, 0.05) is 12.7 Å². The van der Waals surface area contributed by atoms with Crippen LogP contribution in [0.4, 0.5) is 0 Å². The highest BCUT2D eigenvalue weighted by atomic mass is 35.5. The van der Waals surface area contributed by atoms with Gasteiger partial charge in [0.2, 0.25) is 11.7 Å². The van der Waals surface area contributed by atoms with Crippen molar-refractivity contribution in [2.24, 2.45) is 0 Å². The number of aliphatic hydroxyl groups excluding tert-OH is 1. The second-order valence-electron chi connectivity index (χ2n) is 4.14. The zero-order valence-electron chi connectivity index (χ0n) is 9.38. The molecule has 94 valence electrons. The summed E-state index contributed by atoms with van der Waals surface area (Å²) in [6, 6.07) is 3.35. The number of nitrogens with zero attached hydrogens (tertiary/aromatic N) is 3. The average Bonchev–Trinajstić information content (AvgIpc) is 2.98. The van der Waals surface area contributed by atoms with Gasteiger partial charge in [0.15, 0.2) is 0 Å². The van der Waals surface area contributed by atoms with E-state index in [0.29, 0.717) is 35.4 Å². The van der Waals surface area contributed by atoms with Crippen LogP contribution in [0.2, 0.25) is 5.02 Å². The maximum Gasteiger partial charge on any atom is 0.244 e. The van der Waals surface area contributed by atoms with Crippen molar-refractivity contribution >= 4 is 11.6 Å². The first kappa shape index (κ1) is 11.6. The Balaban J connectivity index is 1.88. The third kappa shape index (κ3) is 2.10. The largest absolute Gasteiger partial charge is 0.392 e. The number of rotatable bonds is 2. The minimum Gasteiger partial charge on any atom is -0.392 e. The number of pyridine rings is 1. The molecule has 7 heteroatoms. The van der Waals surface area contributed by atoms with E-state index < -0.39 is 0 Å². The first-order chi connectivity index (χ1) is 8.74. The summed E-state index contributed by atoms with van der Waals surface area (Å²) in [6.45, 7) is 0.534. The Morgan fingerprint density at radius 1 is 1.50 bits per heavy atom. The van der Waals surface area contributed by atoms with Crippen molar-refractivity contribution in [3.8, 4) is 11.5 Å². The summed E-state index contributed by atoms with van der Waals surface area (Å²) in [6.07, 6.45) is 1.82. The molecule has 0 saturated carbocycles. The van der Waals surface area contributed by atoms with E-state index in [1.807, 2.05) is 0 Å². The van der Waals surface area contributed by atoms with Crippen LogP contribution < -0.4 is 5.32 Å². The zero-order valence-corrected chi connectivity index (χ0v) is 10.1. The van der Waals surface area contributed by atoms with Gasteiger partial charge in [-0.3, -0.25) is 4.98 Å². The lowest BCUT2D eigenvalue weighted by Gasteiger charge is -2.01. The predicted molar refractivity (Wildman–Crippen MR) is 63.9 cm³/mol. The van der Waals surface area contributed by atoms with Gasteiger partial charge < -0.3 is 14.9 Å². The van der Waals surface area contributed by atoms with Gasteiger partial charge in [0.05, 0.1) is 17.2 Å². The third-order valence-electron chi connectivity index (χ3n) is 2.82. The molecule has 3 rings (SSSR count). The Morgan fingerprint density at radius 2 is 2.39 bits per heavy atom. The minimum absolute atomic E-state index is 0.108. The Kier molecular flexibility index (Phi) is 2.99. The fraction of sp³-hybridized carbons (Fsp3) is 0.364. The van der Waals surface area contributed by atoms with Crippen LogP contribution in [0, 0.1) is 0 Å². The molecule has 0 aromatic carbocycles. The van der Waals surface area contributed by atoms with Crippen molar-refractivity contribution in [2.45, 2.75) is 18.6 Å². The van der Waals surface area contributed by atoms with Gasteiger partial charge in [0.25, 0.3) is 0 Å². The van der Waals surface area contributed by atoms with Crippen molar-refractivity contribution in [2.75, 3.05) is 6.54 Å². The van der Waals surface area contributed by atoms with Crippen molar-refractivity contribution in [1.29, 1.82) is 0 Å². The first-order valence-corrected chi connectivity index (χ1v) is 5.98. The van der Waals surface area contributed by atoms with Gasteiger partial charge in [-0.2, -0.15) is 4.98 Å². The van der Waals surface area contributed by atoms with Crippen LogP contribution in [0.15, 0.2) is 22.9 Å². The SMILES string of the molecule is O[C@H]1CN[C@H](c2nc(-c3ncccc3Cl)no2)C1. The maximum atomic E-state index is 9.44. The number of aliphatic hydroxyl groups is 1. The molecule has 1 fully saturated rings. The molecule has 1 saturated heterocycles. The summed E-state index contributed by atoms with van der Waals surface area (Å²) < 4.78 is 5.17. The summed E-state index contributed by atoms with van der Waals surface area (Å²) in [7, 11) is 0. The molecule has 3 heterocycles. The molecule has 0 spiro atoms. The Labute approximate surface area is 108 Å². The Morgan fingerprint density at radius 3 is 3.11 bits per heavy atom. The van der Waals surface area contributed by atoms with Gasteiger partial charge in [-0.05, 0) is 18.6 Å². The van der Waals surface area contributed by atoms with Crippen molar-refractivity contribution in [1.82, 2.24) is 20.4 Å². The summed E-state index contributed by atoms with van der Waals surface area (Å²) in [5, 5.41) is 16.9. The van der Waals surface area contributed by atoms with Crippen LogP contribution in [0.3, 0.4) is 0 Å². The second kappa shape index (κ2) is 4.64. The molecule has 1 aliphatic rings. The zero-order chi connectivity index (χ0) is 12.5. The van der Waals surface area contributed by atoms with Gasteiger partial charge in [-0.1, -0.05) is 16.8 Å². The molecule has 2 N–H and O–H groups in total. The number of β-amino-alcohol motifs (C(OH)–C–C–N with tert-alkyl or cyclic N) is 1. The van der Waals surface area contributed by atoms with E-state index in [1.54, 1.807) is 18.3 Å². The number of nitrogens with one attached hydrogen (secondary N) is 1. The summed E-state index contributed by atoms with van der Waals surface area (Å²) in [4.78, 5) is 8.38. The molecular weight excluding hydrogens is 256 g/mol. The Bertz CT molecular complexity index is 559. The van der Waals surface area contributed by atoms with Gasteiger partial charge in [0.1, 0.15) is 5.69 Å². The highest BCUT2D eigenvalue weighted by Gasteiger charge is 2.28. The fourth-order valence-electron chi connectivity index (χ4n) is 1.93. The standard InChI is InChI=1S/C11H11ClN4O2/c12-7-2-1-3-13-9(7)10-15-11(18-16-10)8-4-6(17)5-14-8/h1-3,6,8,14,17H,4-5H2/t6-,8+/m1/s1. The van der Waals surface area contributed by atoms with Crippen LogP contribution in [0.25, 0.3) is 11.5 Å². The summed E-state index contributed by atoms with van der Waals surface area (Å²) >= 11 is 6.01. The van der Waals surface area contributed by atoms with Gasteiger partial charge in [-0.15, -0.1) is 0 Å². The number of aromatic nitrogens is 3. The number of halogens is 1. The fourth-order valence-corrected chi connectivity index (χ4v) is 2.13. The smallest absolute Gasteiger partial charge is 0.244 e. The maximum absolute atomic E-state index is 9.44. The molecule has 0 unspecified atom stereocenters. The van der Waals surface area contributed by atoms with E-state index in [1.165, 1.54) is 0 Å². The van der Waals surface area contributed by atoms with E-state index in [9.17, 15) is 5.11 Å². The van der Waals surface area contributed by atoms with E-state index in [-0.39, 0.29) is 12.1 Å². The topological polar surface area (TPSA) is 84.1 Å². The van der Waals surface area contributed by atoms with Crippen LogP contribution in [-0.2, 0) is 0 Å². The van der Waals surface area contributed by atoms with Crippen molar-refractivity contribution in [3.05, 3.63) is 29.2 Å². The molecule has 0 amide bonds. The molecule has 0 radical (unpaired) electrons. The molecule has 0 bridgehead atoms. The molecule has 2 atom stereocenters. The average molecular weight is 267 g/mol. The molecule has 2 aromatic heterocycles. The predicted octanol–water partition coefficient (Wildman–Crippen LogP) is 1.18.